The van der Waals surface area contributed by atoms with Crippen LogP contribution < -0.4 is 0 Å². The van der Waals surface area contributed by atoms with Gasteiger partial charge < -0.3 is 14.6 Å². The second kappa shape index (κ2) is 9.66. The molecule has 0 aromatic rings. The van der Waals surface area contributed by atoms with E-state index in [2.05, 4.69) is 0 Å². The summed E-state index contributed by atoms with van der Waals surface area (Å²) >= 11 is 0. The van der Waals surface area contributed by atoms with E-state index in [-0.39, 0.29) is 92.1 Å². The second-order valence-corrected chi connectivity index (χ2v) is 1.22. The van der Waals surface area contributed by atoms with Crippen LogP contribution in [0.1, 0.15) is 0 Å². The van der Waals surface area contributed by atoms with Gasteiger partial charge in [0.15, 0.2) is 0 Å². The maximum atomic E-state index is 8.52. The third-order valence-electron chi connectivity index (χ3n) is 0. The predicted molar refractivity (Wildman–Crippen MR) is 23.9 cm³/mol. The van der Waals surface area contributed by atoms with Gasteiger partial charge in [0.25, 0.3) is 0 Å². The average molecular weight is 290 g/mol. The molecular weight excluding hydrogens is 289 g/mol. The van der Waals surface area contributed by atoms with Crippen molar-refractivity contribution in [2.45, 2.75) is 0 Å². The van der Waals surface area contributed by atoms with E-state index in [0.29, 0.717) is 0 Å². The Morgan fingerprint density at radius 2 is 1.12 bits per heavy atom. The summed E-state index contributed by atoms with van der Waals surface area (Å²) < 4.78 is 34.1. The van der Waals surface area contributed by atoms with Crippen molar-refractivity contribution in [1.82, 2.24) is 0 Å². The first kappa shape index (κ1) is 22.4. The van der Waals surface area contributed by atoms with Gasteiger partial charge in [-0.05, 0) is 0 Å². The van der Waals surface area contributed by atoms with Gasteiger partial charge in [-0.1, -0.05) is 0 Å². The fourth-order valence-corrected chi connectivity index (χ4v) is 0. The zero-order valence-corrected chi connectivity index (χ0v) is 11.4. The van der Waals surface area contributed by atoms with Gasteiger partial charge >= 0.3 is 86.6 Å². The molecule has 0 spiro atoms. The Bertz CT molecular complexity index is 95.6. The molecule has 0 heterocycles. The fourth-order valence-electron chi connectivity index (χ4n) is 0. The van der Waals surface area contributed by atoms with E-state index in [4.69, 9.17) is 17.5 Å². The Morgan fingerprint density at radius 3 is 1.12 bits per heavy atom. The molecule has 0 aromatic carbocycles. The van der Waals surface area contributed by atoms with E-state index in [9.17, 15) is 0 Å². The molecule has 0 saturated carbocycles. The fraction of sp³-hybridized carbons (Fsp3) is 0. The minimum absolute atomic E-state index is 0. The molecule has 5 nitrogen and oxygen atoms in total. The van der Waals surface area contributed by atoms with Crippen LogP contribution in [0.2, 0.25) is 0 Å². The van der Waals surface area contributed by atoms with Crippen molar-refractivity contribution in [2.24, 2.45) is 0 Å². The van der Waals surface area contributed by atoms with Crippen molar-refractivity contribution in [1.29, 1.82) is 0 Å². The van der Waals surface area contributed by atoms with Gasteiger partial charge in [-0.3, -0.25) is 8.42 Å². The first-order valence-corrected chi connectivity index (χ1v) is 2.00. The van der Waals surface area contributed by atoms with Gasteiger partial charge in [0.2, 0.25) is 0 Å². The van der Waals surface area contributed by atoms with Gasteiger partial charge in [-0.25, -0.2) is 0 Å². The van der Waals surface area contributed by atoms with Crippen LogP contribution in [0.3, 0.4) is 0 Å². The molecule has 0 radical (unpaired) electrons. The van der Waals surface area contributed by atoms with Gasteiger partial charge in [0.1, 0.15) is 0 Å². The van der Waals surface area contributed by atoms with Gasteiger partial charge in [-0.15, -0.1) is 0 Å². The van der Waals surface area contributed by atoms with Gasteiger partial charge in [0, 0.05) is 10.4 Å². The smallest absolute Gasteiger partial charge is 0.870 e. The molecule has 0 amide bonds. The van der Waals surface area contributed by atoms with Crippen LogP contribution in [-0.4, -0.2) is 110 Å². The van der Waals surface area contributed by atoms with Crippen molar-refractivity contribution in [3.05, 3.63) is 0 Å². The molecule has 40 valence electrons. The van der Waals surface area contributed by atoms with E-state index in [1.54, 1.807) is 0 Å². The summed E-state index contributed by atoms with van der Waals surface area (Å²) in [5.74, 6) is 0. The van der Waals surface area contributed by atoms with Gasteiger partial charge in [-0.2, -0.15) is 0 Å². The summed E-state index contributed by atoms with van der Waals surface area (Å²) in [6, 6.07) is 0. The van der Waals surface area contributed by atoms with Crippen molar-refractivity contribution < 1.29 is 23.0 Å². The average Bonchev–Trinajstić information content (AvgIpc) is 0.722. The third kappa shape index (κ3) is 71.8. The van der Waals surface area contributed by atoms with Crippen molar-refractivity contribution in [3.8, 4) is 0 Å². The second-order valence-electron chi connectivity index (χ2n) is 0.408. The topological polar surface area (TPSA) is 110 Å². The number of hydrogen-bond donors (Lipinski definition) is 0. The summed E-state index contributed by atoms with van der Waals surface area (Å²) in [6.07, 6.45) is 0. The Kier molecular flexibility index (Phi) is 27.1. The molecule has 0 aliphatic heterocycles. The maximum absolute atomic E-state index is 8.52. The predicted octanol–water partition coefficient (Wildman–Crippen LogP) is -2.28. The Hall–Kier alpha value is 2.66. The van der Waals surface area contributed by atoms with E-state index in [1.807, 2.05) is 0 Å². The zero-order chi connectivity index (χ0) is 4.50. The molecule has 0 bridgehead atoms. The molecule has 0 fully saturated rings. The molecule has 1 N–H and O–H groups in total. The summed E-state index contributed by atoms with van der Waals surface area (Å²) in [6.45, 7) is 0. The minimum Gasteiger partial charge on any atom is -0.870 e. The zero-order valence-electron chi connectivity index (χ0n) is 3.90. The Labute approximate surface area is 117 Å². The van der Waals surface area contributed by atoms with E-state index in [0.717, 1.165) is 0 Å². The normalized spacial score (nSPS) is 7.25. The summed E-state index contributed by atoms with van der Waals surface area (Å²) in [5, 5.41) is 0. The number of rotatable bonds is 0. The first-order valence-electron chi connectivity index (χ1n) is 0.667. The Balaban J connectivity index is -0.0000000267. The van der Waals surface area contributed by atoms with Crippen LogP contribution in [0.25, 0.3) is 0 Å². The van der Waals surface area contributed by atoms with E-state index >= 15 is 0 Å². The van der Waals surface area contributed by atoms with E-state index in [1.165, 1.54) is 0 Å². The van der Waals surface area contributed by atoms with Crippen LogP contribution in [0, 0.1) is 0 Å². The molecule has 0 aliphatic carbocycles. The van der Waals surface area contributed by atoms with Crippen LogP contribution in [0.4, 0.5) is 0 Å². The van der Waals surface area contributed by atoms with Crippen LogP contribution >= 0.6 is 0 Å². The molecule has 0 unspecified atom stereocenters. The van der Waals surface area contributed by atoms with E-state index < -0.39 is 10.4 Å². The van der Waals surface area contributed by atoms with Crippen LogP contribution in [0.15, 0.2) is 0 Å². The van der Waals surface area contributed by atoms with Crippen molar-refractivity contribution >= 4 is 97.0 Å². The SMILES string of the molecule is O=S(=O)([O-])[O-].[Ba+2].[Ca+2].[OH-]. The molecule has 0 saturated heterocycles. The largest absolute Gasteiger partial charge is 2.00 e. The van der Waals surface area contributed by atoms with Crippen LogP contribution in [-0.2, 0) is 10.4 Å². The Morgan fingerprint density at radius 1 is 1.12 bits per heavy atom. The quantitative estimate of drug-likeness (QED) is 0.284. The molecular formula is HBaCaO5S+. The molecule has 8 heteroatoms. The molecule has 8 heavy (non-hydrogen) atoms. The summed E-state index contributed by atoms with van der Waals surface area (Å²) in [7, 11) is -5.17. The van der Waals surface area contributed by atoms with Crippen molar-refractivity contribution in [3.63, 3.8) is 0 Å². The van der Waals surface area contributed by atoms with Gasteiger partial charge in [0.05, 0.1) is 0 Å². The molecule has 0 rings (SSSR count). The third-order valence-corrected chi connectivity index (χ3v) is 0. The summed E-state index contributed by atoms with van der Waals surface area (Å²) in [4.78, 5) is 0. The summed E-state index contributed by atoms with van der Waals surface area (Å²) in [5.41, 5.74) is 0. The monoisotopic (exact) mass is 291 g/mol. The van der Waals surface area contributed by atoms with Crippen molar-refractivity contribution in [2.75, 3.05) is 0 Å². The molecule has 0 atom stereocenters. The van der Waals surface area contributed by atoms with Crippen LogP contribution in [0.5, 0.6) is 0 Å². The first-order chi connectivity index (χ1) is 2.00. The molecule has 0 aliphatic rings. The number of hydrogen-bond acceptors (Lipinski definition) is 5. The maximum Gasteiger partial charge on any atom is 2.00 e. The minimum atomic E-state index is -5.17. The standard InChI is InChI=1S/Ba.Ca.H2O4S.H2O/c;;1-5(2,3)4;/h;;(H2,1,2,3,4);1H2/q2*+2;;/p-3. The molecule has 0 aromatic heterocycles.